The molecule has 0 aliphatic heterocycles. The van der Waals surface area contributed by atoms with Gasteiger partial charge in [0.05, 0.1) is 0 Å². The van der Waals surface area contributed by atoms with Crippen molar-refractivity contribution >= 4 is 27.4 Å². The van der Waals surface area contributed by atoms with Crippen molar-refractivity contribution in [1.82, 2.24) is 9.55 Å². The molecule has 0 atom stereocenters. The van der Waals surface area contributed by atoms with E-state index in [0.29, 0.717) is 17.1 Å². The molecule has 2 aromatic rings. The van der Waals surface area contributed by atoms with Crippen molar-refractivity contribution in [1.29, 1.82) is 0 Å². The molecule has 18 heavy (non-hydrogen) atoms. The molecule has 1 heterocycles. The normalized spacial score (nSPS) is 10.6. The molecule has 0 aliphatic rings. The minimum Gasteiger partial charge on any atom is -0.398 e. The minimum absolute atomic E-state index is 0.140. The van der Waals surface area contributed by atoms with Crippen LogP contribution in [-0.4, -0.2) is 15.3 Å². The van der Waals surface area contributed by atoms with Crippen LogP contribution in [0.15, 0.2) is 35.1 Å². The molecule has 1 aromatic carbocycles. The van der Waals surface area contributed by atoms with E-state index in [1.807, 2.05) is 10.8 Å². The molecular formula is C13H14BrN3O. The summed E-state index contributed by atoms with van der Waals surface area (Å²) in [4.78, 5) is 16.5. The summed E-state index contributed by atoms with van der Waals surface area (Å²) in [5.41, 5.74) is 6.81. The molecule has 1 aromatic heterocycles. The Hall–Kier alpha value is -1.62. The molecule has 0 saturated carbocycles. The van der Waals surface area contributed by atoms with Crippen LogP contribution in [0.5, 0.6) is 0 Å². The molecule has 0 bridgehead atoms. The third-order valence-electron chi connectivity index (χ3n) is 2.64. The number of carbonyl (C=O) groups excluding carboxylic acids is 1. The third kappa shape index (κ3) is 2.46. The van der Waals surface area contributed by atoms with Gasteiger partial charge in [-0.2, -0.15) is 0 Å². The molecule has 0 amide bonds. The van der Waals surface area contributed by atoms with Gasteiger partial charge in [-0.15, -0.1) is 0 Å². The van der Waals surface area contributed by atoms with Gasteiger partial charge >= 0.3 is 0 Å². The van der Waals surface area contributed by atoms with E-state index >= 15 is 0 Å². The lowest BCUT2D eigenvalue weighted by molar-refractivity contribution is 0.102. The first-order valence-corrected chi connectivity index (χ1v) is 6.53. The number of benzene rings is 1. The zero-order valence-corrected chi connectivity index (χ0v) is 11.6. The number of hydrogen-bond acceptors (Lipinski definition) is 3. The first kappa shape index (κ1) is 12.8. The molecule has 0 saturated heterocycles. The number of imidazole rings is 1. The molecule has 0 unspecified atom stereocenters. The zero-order chi connectivity index (χ0) is 13.1. The third-order valence-corrected chi connectivity index (χ3v) is 3.13. The van der Waals surface area contributed by atoms with Crippen LogP contribution in [0, 0.1) is 0 Å². The number of anilines is 1. The van der Waals surface area contributed by atoms with E-state index in [9.17, 15) is 4.79 Å². The summed E-state index contributed by atoms with van der Waals surface area (Å²) >= 11 is 3.32. The van der Waals surface area contributed by atoms with Crippen molar-refractivity contribution in [2.75, 3.05) is 5.73 Å². The zero-order valence-electron chi connectivity index (χ0n) is 10.1. The Morgan fingerprint density at radius 1 is 1.50 bits per heavy atom. The van der Waals surface area contributed by atoms with Gasteiger partial charge in [0, 0.05) is 34.7 Å². The van der Waals surface area contributed by atoms with Gasteiger partial charge in [0.15, 0.2) is 5.82 Å². The number of halogens is 1. The predicted molar refractivity (Wildman–Crippen MR) is 74.5 cm³/mol. The number of aryl methyl sites for hydroxylation is 1. The van der Waals surface area contributed by atoms with Crippen molar-refractivity contribution in [3.63, 3.8) is 0 Å². The summed E-state index contributed by atoms with van der Waals surface area (Å²) in [6, 6.07) is 5.24. The average Bonchev–Trinajstić information content (AvgIpc) is 2.77. The van der Waals surface area contributed by atoms with Crippen LogP contribution in [0.4, 0.5) is 5.69 Å². The fourth-order valence-corrected chi connectivity index (χ4v) is 2.18. The number of aromatic nitrogens is 2. The Balaban J connectivity index is 2.38. The number of nitrogens with zero attached hydrogens (tertiary/aromatic N) is 2. The van der Waals surface area contributed by atoms with Gasteiger partial charge in [-0.05, 0) is 24.6 Å². The highest BCUT2D eigenvalue weighted by molar-refractivity contribution is 9.10. The first-order valence-electron chi connectivity index (χ1n) is 5.74. The van der Waals surface area contributed by atoms with Crippen LogP contribution in [0.2, 0.25) is 0 Å². The van der Waals surface area contributed by atoms with Gasteiger partial charge in [-0.3, -0.25) is 4.79 Å². The van der Waals surface area contributed by atoms with Gasteiger partial charge < -0.3 is 10.3 Å². The summed E-state index contributed by atoms with van der Waals surface area (Å²) in [5.74, 6) is 0.296. The number of nitrogens with two attached hydrogens (primary N) is 1. The Morgan fingerprint density at radius 3 is 2.94 bits per heavy atom. The van der Waals surface area contributed by atoms with Crippen LogP contribution >= 0.6 is 15.9 Å². The maximum Gasteiger partial charge on any atom is 0.230 e. The lowest BCUT2D eigenvalue weighted by Crippen LogP contribution is -2.13. The van der Waals surface area contributed by atoms with Gasteiger partial charge in [-0.1, -0.05) is 22.9 Å². The lowest BCUT2D eigenvalue weighted by Gasteiger charge is -2.07. The van der Waals surface area contributed by atoms with Crippen molar-refractivity contribution in [2.24, 2.45) is 0 Å². The van der Waals surface area contributed by atoms with Crippen LogP contribution in [0.3, 0.4) is 0 Å². The maximum atomic E-state index is 12.4. The SMILES string of the molecule is CCCn1ccnc1C(=O)c1ccc(Br)cc1N. The summed E-state index contributed by atoms with van der Waals surface area (Å²) in [5, 5.41) is 0. The summed E-state index contributed by atoms with van der Waals surface area (Å²) in [7, 11) is 0. The fraction of sp³-hybridized carbons (Fsp3) is 0.231. The van der Waals surface area contributed by atoms with Crippen LogP contribution in [0.25, 0.3) is 0 Å². The molecule has 0 fully saturated rings. The highest BCUT2D eigenvalue weighted by Crippen LogP contribution is 2.21. The topological polar surface area (TPSA) is 60.9 Å². The molecule has 4 nitrogen and oxygen atoms in total. The quantitative estimate of drug-likeness (QED) is 0.698. The number of ketones is 1. The molecular weight excluding hydrogens is 294 g/mol. The highest BCUT2D eigenvalue weighted by Gasteiger charge is 2.17. The van der Waals surface area contributed by atoms with Crippen molar-refractivity contribution in [2.45, 2.75) is 19.9 Å². The maximum absolute atomic E-state index is 12.4. The van der Waals surface area contributed by atoms with E-state index in [1.54, 1.807) is 24.4 Å². The van der Waals surface area contributed by atoms with Gasteiger partial charge in [-0.25, -0.2) is 4.98 Å². The number of rotatable bonds is 4. The predicted octanol–water partition coefficient (Wildman–Crippen LogP) is 2.87. The fourth-order valence-electron chi connectivity index (χ4n) is 1.80. The van der Waals surface area contributed by atoms with E-state index in [0.717, 1.165) is 17.4 Å². The second-order valence-corrected chi connectivity index (χ2v) is 4.92. The number of hydrogen-bond donors (Lipinski definition) is 1. The number of nitrogen functional groups attached to an aromatic ring is 1. The highest BCUT2D eigenvalue weighted by atomic mass is 79.9. The van der Waals surface area contributed by atoms with Crippen LogP contribution in [-0.2, 0) is 6.54 Å². The summed E-state index contributed by atoms with van der Waals surface area (Å²) in [6.07, 6.45) is 4.40. The first-order chi connectivity index (χ1) is 8.63. The lowest BCUT2D eigenvalue weighted by atomic mass is 10.1. The largest absolute Gasteiger partial charge is 0.398 e. The van der Waals surface area contributed by atoms with E-state index in [4.69, 9.17) is 5.73 Å². The standard InChI is InChI=1S/C13H14BrN3O/c1-2-6-17-7-5-16-13(17)12(18)10-4-3-9(14)8-11(10)15/h3-5,7-8H,2,6,15H2,1H3. The van der Waals surface area contributed by atoms with Crippen LogP contribution in [0.1, 0.15) is 29.5 Å². The van der Waals surface area contributed by atoms with E-state index in [1.165, 1.54) is 0 Å². The summed E-state index contributed by atoms with van der Waals surface area (Å²) in [6.45, 7) is 2.83. The average molecular weight is 308 g/mol. The Kier molecular flexibility index (Phi) is 3.81. The molecule has 5 heteroatoms. The smallest absolute Gasteiger partial charge is 0.230 e. The second kappa shape index (κ2) is 5.35. The van der Waals surface area contributed by atoms with E-state index in [2.05, 4.69) is 27.8 Å². The van der Waals surface area contributed by atoms with Crippen molar-refractivity contribution in [3.8, 4) is 0 Å². The Labute approximate surface area is 114 Å². The number of carbonyl (C=O) groups is 1. The van der Waals surface area contributed by atoms with Gasteiger partial charge in [0.25, 0.3) is 0 Å². The van der Waals surface area contributed by atoms with E-state index < -0.39 is 0 Å². The van der Waals surface area contributed by atoms with Crippen molar-refractivity contribution < 1.29 is 4.79 Å². The summed E-state index contributed by atoms with van der Waals surface area (Å²) < 4.78 is 2.71. The van der Waals surface area contributed by atoms with Gasteiger partial charge in [0.1, 0.15) is 0 Å². The van der Waals surface area contributed by atoms with Gasteiger partial charge in [0.2, 0.25) is 5.78 Å². The second-order valence-electron chi connectivity index (χ2n) is 4.00. The molecule has 0 radical (unpaired) electrons. The van der Waals surface area contributed by atoms with Crippen molar-refractivity contribution in [3.05, 3.63) is 46.5 Å². The van der Waals surface area contributed by atoms with E-state index in [-0.39, 0.29) is 5.78 Å². The molecule has 0 spiro atoms. The molecule has 2 rings (SSSR count). The minimum atomic E-state index is -0.140. The van der Waals surface area contributed by atoms with Crippen LogP contribution < -0.4 is 5.73 Å². The molecule has 94 valence electrons. The Morgan fingerprint density at radius 2 is 2.28 bits per heavy atom. The Bertz CT molecular complexity index is 577. The molecule has 0 aliphatic carbocycles. The molecule has 2 N–H and O–H groups in total. The monoisotopic (exact) mass is 307 g/mol.